The van der Waals surface area contributed by atoms with Crippen molar-refractivity contribution >= 4 is 23.2 Å². The molecule has 0 radical (unpaired) electrons. The fourth-order valence-electron chi connectivity index (χ4n) is 3.63. The topological polar surface area (TPSA) is 58.8 Å². The van der Waals surface area contributed by atoms with Gasteiger partial charge >= 0.3 is 0 Å². The molecule has 0 saturated carbocycles. The molecule has 2 aromatic carbocycles. The Balaban J connectivity index is 1.86. The van der Waals surface area contributed by atoms with Gasteiger partial charge in [-0.1, -0.05) is 41.9 Å². The molecular formula is C21H26ClN3O2. The lowest BCUT2D eigenvalue weighted by Gasteiger charge is -2.34. The summed E-state index contributed by atoms with van der Waals surface area (Å²) in [5.41, 5.74) is 7.89. The molecule has 1 aliphatic rings. The summed E-state index contributed by atoms with van der Waals surface area (Å²) in [5, 5.41) is 0.374. The second-order valence-corrected chi connectivity index (χ2v) is 7.38. The number of hydrogen-bond acceptors (Lipinski definition) is 4. The fourth-order valence-corrected chi connectivity index (χ4v) is 3.90. The number of rotatable bonds is 7. The molecule has 27 heavy (non-hydrogen) atoms. The second kappa shape index (κ2) is 8.74. The monoisotopic (exact) mass is 387 g/mol. The number of likely N-dealkylation sites (tertiary alicyclic amines) is 1. The minimum atomic E-state index is -0.517. The molecule has 0 spiro atoms. The predicted molar refractivity (Wildman–Crippen MR) is 109 cm³/mol. The summed E-state index contributed by atoms with van der Waals surface area (Å²) >= 11 is 6.27. The van der Waals surface area contributed by atoms with E-state index >= 15 is 0 Å². The number of carbonyl (C=O) groups is 1. The SMILES string of the molecule is CO[C@H]1CCN(C[C@H](c2ccccc2)N(C)c2ccc(C(N)=O)c(Cl)c2)C1. The molecule has 1 heterocycles. The highest BCUT2D eigenvalue weighted by atomic mass is 35.5. The largest absolute Gasteiger partial charge is 0.380 e. The molecular weight excluding hydrogens is 362 g/mol. The van der Waals surface area contributed by atoms with Gasteiger partial charge in [0.1, 0.15) is 0 Å². The Labute approximate surface area is 165 Å². The third kappa shape index (κ3) is 4.61. The molecule has 6 heteroatoms. The average Bonchev–Trinajstić information content (AvgIpc) is 3.13. The number of primary amides is 1. The van der Waals surface area contributed by atoms with E-state index in [2.05, 4.69) is 41.1 Å². The molecule has 0 unspecified atom stereocenters. The van der Waals surface area contributed by atoms with Crippen LogP contribution in [0.5, 0.6) is 0 Å². The van der Waals surface area contributed by atoms with Crippen molar-refractivity contribution in [3.8, 4) is 0 Å². The number of nitrogens with two attached hydrogens (primary N) is 1. The molecule has 2 atom stereocenters. The standard InChI is InChI=1S/C21H26ClN3O2/c1-24(16-8-9-18(21(23)26)19(22)12-16)20(15-6-4-3-5-7-15)14-25-11-10-17(13-25)27-2/h3-9,12,17,20H,10-11,13-14H2,1-2H3,(H2,23,26)/t17-,20+/m0/s1. The number of methoxy groups -OCH3 is 1. The van der Waals surface area contributed by atoms with Gasteiger partial charge in [-0.15, -0.1) is 0 Å². The Bertz CT molecular complexity index is 784. The van der Waals surface area contributed by atoms with Crippen LogP contribution in [0, 0.1) is 0 Å². The maximum absolute atomic E-state index is 11.5. The summed E-state index contributed by atoms with van der Waals surface area (Å²) in [6, 6.07) is 16.0. The minimum absolute atomic E-state index is 0.150. The first kappa shape index (κ1) is 19.7. The summed E-state index contributed by atoms with van der Waals surface area (Å²) in [5.74, 6) is -0.517. The van der Waals surface area contributed by atoms with Gasteiger partial charge in [0.25, 0.3) is 0 Å². The van der Waals surface area contributed by atoms with Crippen molar-refractivity contribution < 1.29 is 9.53 Å². The van der Waals surface area contributed by atoms with Gasteiger partial charge in [0.15, 0.2) is 0 Å². The van der Waals surface area contributed by atoms with Gasteiger partial charge in [-0.3, -0.25) is 9.69 Å². The molecule has 5 nitrogen and oxygen atoms in total. The number of nitrogens with zero attached hydrogens (tertiary/aromatic N) is 2. The molecule has 1 aliphatic heterocycles. The van der Waals surface area contributed by atoms with Crippen LogP contribution in [0.25, 0.3) is 0 Å². The molecule has 0 aliphatic carbocycles. The van der Waals surface area contributed by atoms with Crippen LogP contribution in [0.3, 0.4) is 0 Å². The summed E-state index contributed by atoms with van der Waals surface area (Å²) in [6.45, 7) is 2.85. The highest BCUT2D eigenvalue weighted by Crippen LogP contribution is 2.30. The zero-order chi connectivity index (χ0) is 19.4. The van der Waals surface area contributed by atoms with E-state index in [1.54, 1.807) is 19.2 Å². The Morgan fingerprint density at radius 1 is 1.33 bits per heavy atom. The van der Waals surface area contributed by atoms with Crippen molar-refractivity contribution in [3.63, 3.8) is 0 Å². The van der Waals surface area contributed by atoms with Crippen LogP contribution in [0.4, 0.5) is 5.69 Å². The lowest BCUT2D eigenvalue weighted by Crippen LogP contribution is -2.36. The highest BCUT2D eigenvalue weighted by molar-refractivity contribution is 6.34. The number of ether oxygens (including phenoxy) is 1. The lowest BCUT2D eigenvalue weighted by atomic mass is 10.0. The third-order valence-corrected chi connectivity index (χ3v) is 5.58. The summed E-state index contributed by atoms with van der Waals surface area (Å²) < 4.78 is 5.51. The van der Waals surface area contributed by atoms with Crippen molar-refractivity contribution in [1.29, 1.82) is 0 Å². The third-order valence-electron chi connectivity index (χ3n) is 5.27. The number of likely N-dealkylation sites (N-methyl/N-ethyl adjacent to an activating group) is 1. The van der Waals surface area contributed by atoms with Crippen LogP contribution in [0.15, 0.2) is 48.5 Å². The maximum Gasteiger partial charge on any atom is 0.250 e. The first-order chi connectivity index (χ1) is 13.0. The van der Waals surface area contributed by atoms with E-state index in [0.717, 1.165) is 31.7 Å². The van der Waals surface area contributed by atoms with E-state index in [4.69, 9.17) is 22.1 Å². The van der Waals surface area contributed by atoms with Gasteiger partial charge in [-0.2, -0.15) is 0 Å². The van der Waals surface area contributed by atoms with Crippen molar-refractivity contribution in [2.24, 2.45) is 5.73 Å². The molecule has 1 amide bonds. The Morgan fingerprint density at radius 3 is 2.67 bits per heavy atom. The zero-order valence-electron chi connectivity index (χ0n) is 15.8. The Kier molecular flexibility index (Phi) is 6.37. The lowest BCUT2D eigenvalue weighted by molar-refractivity contribution is 0.100. The fraction of sp³-hybridized carbons (Fsp3) is 0.381. The first-order valence-electron chi connectivity index (χ1n) is 9.12. The second-order valence-electron chi connectivity index (χ2n) is 6.97. The van der Waals surface area contributed by atoms with Gasteiger partial charge in [0.2, 0.25) is 5.91 Å². The van der Waals surface area contributed by atoms with E-state index in [9.17, 15) is 4.79 Å². The van der Waals surface area contributed by atoms with Gasteiger partial charge in [-0.25, -0.2) is 0 Å². The van der Waals surface area contributed by atoms with E-state index in [1.165, 1.54) is 5.56 Å². The van der Waals surface area contributed by atoms with E-state index in [0.29, 0.717) is 16.7 Å². The number of anilines is 1. The molecule has 1 saturated heterocycles. The van der Waals surface area contributed by atoms with Crippen LogP contribution in [0.2, 0.25) is 5.02 Å². The predicted octanol–water partition coefficient (Wildman–Crippen LogP) is 3.34. The van der Waals surface area contributed by atoms with Gasteiger partial charge in [0, 0.05) is 39.5 Å². The smallest absolute Gasteiger partial charge is 0.250 e. The van der Waals surface area contributed by atoms with E-state index < -0.39 is 5.91 Å². The van der Waals surface area contributed by atoms with Crippen LogP contribution < -0.4 is 10.6 Å². The number of amides is 1. The van der Waals surface area contributed by atoms with E-state index in [1.807, 2.05) is 12.1 Å². The molecule has 0 bridgehead atoms. The molecule has 0 aromatic heterocycles. The Hall–Kier alpha value is -2.08. The van der Waals surface area contributed by atoms with Crippen molar-refractivity contribution in [2.75, 3.05) is 38.7 Å². The summed E-state index contributed by atoms with van der Waals surface area (Å²) in [4.78, 5) is 16.1. The van der Waals surface area contributed by atoms with Crippen molar-refractivity contribution in [2.45, 2.75) is 18.6 Å². The van der Waals surface area contributed by atoms with Crippen LogP contribution in [0.1, 0.15) is 28.4 Å². The summed E-state index contributed by atoms with van der Waals surface area (Å²) in [7, 11) is 3.83. The molecule has 2 N–H and O–H groups in total. The van der Waals surface area contributed by atoms with Gasteiger partial charge in [0.05, 0.1) is 22.7 Å². The van der Waals surface area contributed by atoms with Gasteiger partial charge in [-0.05, 0) is 30.2 Å². The summed E-state index contributed by atoms with van der Waals surface area (Å²) in [6.07, 6.45) is 1.36. The highest BCUT2D eigenvalue weighted by Gasteiger charge is 2.27. The molecule has 144 valence electrons. The number of hydrogen-bond donors (Lipinski definition) is 1. The van der Waals surface area contributed by atoms with Crippen LogP contribution >= 0.6 is 11.6 Å². The van der Waals surface area contributed by atoms with Crippen LogP contribution in [-0.4, -0.2) is 50.7 Å². The number of benzene rings is 2. The Morgan fingerprint density at radius 2 is 2.07 bits per heavy atom. The average molecular weight is 388 g/mol. The van der Waals surface area contributed by atoms with E-state index in [-0.39, 0.29) is 6.04 Å². The first-order valence-corrected chi connectivity index (χ1v) is 9.49. The zero-order valence-corrected chi connectivity index (χ0v) is 16.5. The number of halogens is 1. The quantitative estimate of drug-likeness (QED) is 0.791. The minimum Gasteiger partial charge on any atom is -0.380 e. The molecule has 2 aromatic rings. The maximum atomic E-state index is 11.5. The normalized spacial score (nSPS) is 18.4. The van der Waals surface area contributed by atoms with Crippen molar-refractivity contribution in [1.82, 2.24) is 4.90 Å². The van der Waals surface area contributed by atoms with Crippen molar-refractivity contribution in [3.05, 3.63) is 64.7 Å². The van der Waals surface area contributed by atoms with Gasteiger partial charge < -0.3 is 15.4 Å². The van der Waals surface area contributed by atoms with Crippen LogP contribution in [-0.2, 0) is 4.74 Å². The molecule has 3 rings (SSSR count). The number of carbonyl (C=O) groups excluding carboxylic acids is 1. The molecule has 1 fully saturated rings.